The Labute approximate surface area is 112 Å². The van der Waals surface area contributed by atoms with E-state index in [1.807, 2.05) is 25.1 Å². The van der Waals surface area contributed by atoms with Crippen LogP contribution in [0.4, 0.5) is 0 Å². The molecule has 0 aliphatic carbocycles. The third kappa shape index (κ3) is 2.92. The molecule has 2 aromatic rings. The fourth-order valence-electron chi connectivity index (χ4n) is 1.66. The molecular formula is C14H17ClN2O. The molecule has 0 fully saturated rings. The molecule has 0 saturated heterocycles. The van der Waals surface area contributed by atoms with Crippen LogP contribution in [0.5, 0.6) is 0 Å². The largest absolute Gasteiger partial charge is 0.444 e. The van der Waals surface area contributed by atoms with Crippen molar-refractivity contribution in [1.82, 2.24) is 10.3 Å². The smallest absolute Gasteiger partial charge is 0.226 e. The molecule has 0 amide bonds. The summed E-state index contributed by atoms with van der Waals surface area (Å²) in [4.78, 5) is 4.47. The van der Waals surface area contributed by atoms with Crippen molar-refractivity contribution in [3.63, 3.8) is 0 Å². The number of rotatable bonds is 4. The van der Waals surface area contributed by atoms with Crippen molar-refractivity contribution < 1.29 is 4.42 Å². The quantitative estimate of drug-likeness (QED) is 0.913. The second-order valence-electron chi connectivity index (χ2n) is 4.59. The van der Waals surface area contributed by atoms with Gasteiger partial charge in [0.1, 0.15) is 6.26 Å². The maximum Gasteiger partial charge on any atom is 0.226 e. The fourth-order valence-corrected chi connectivity index (χ4v) is 1.83. The molecule has 3 nitrogen and oxygen atoms in total. The molecule has 96 valence electrons. The van der Waals surface area contributed by atoms with E-state index in [0.29, 0.717) is 18.5 Å². The lowest BCUT2D eigenvalue weighted by atomic mass is 10.1. The van der Waals surface area contributed by atoms with Crippen molar-refractivity contribution in [2.45, 2.75) is 33.4 Å². The molecule has 1 aromatic heterocycles. The predicted octanol–water partition coefficient (Wildman–Crippen LogP) is 3.80. The van der Waals surface area contributed by atoms with Crippen molar-refractivity contribution in [3.05, 3.63) is 40.7 Å². The molecule has 1 heterocycles. The highest BCUT2D eigenvalue weighted by molar-refractivity contribution is 6.31. The molecule has 0 saturated carbocycles. The second kappa shape index (κ2) is 5.55. The number of benzene rings is 1. The molecule has 1 N–H and O–H groups in total. The third-order valence-electron chi connectivity index (χ3n) is 2.74. The Morgan fingerprint density at radius 1 is 1.39 bits per heavy atom. The average molecular weight is 265 g/mol. The summed E-state index contributed by atoms with van der Waals surface area (Å²) in [6, 6.07) is 6.16. The summed E-state index contributed by atoms with van der Waals surface area (Å²) in [7, 11) is 0. The number of hydrogen-bond acceptors (Lipinski definition) is 3. The molecule has 0 radical (unpaired) electrons. The Balaban J connectivity index is 2.21. The van der Waals surface area contributed by atoms with E-state index >= 15 is 0 Å². The van der Waals surface area contributed by atoms with Crippen LogP contribution < -0.4 is 5.32 Å². The van der Waals surface area contributed by atoms with Crippen LogP contribution in [-0.2, 0) is 6.54 Å². The number of nitrogens with zero attached hydrogens (tertiary/aromatic N) is 1. The topological polar surface area (TPSA) is 38.1 Å². The summed E-state index contributed by atoms with van der Waals surface area (Å²) in [5, 5.41) is 4.03. The van der Waals surface area contributed by atoms with E-state index in [4.69, 9.17) is 16.0 Å². The molecule has 0 atom stereocenters. The van der Waals surface area contributed by atoms with Gasteiger partial charge in [-0.3, -0.25) is 0 Å². The van der Waals surface area contributed by atoms with Crippen molar-refractivity contribution in [1.29, 1.82) is 0 Å². The normalized spacial score (nSPS) is 11.2. The molecule has 2 rings (SSSR count). The zero-order valence-corrected chi connectivity index (χ0v) is 11.6. The number of hydrogen-bond donors (Lipinski definition) is 1. The molecule has 4 heteroatoms. The number of nitrogens with one attached hydrogen (secondary N) is 1. The van der Waals surface area contributed by atoms with E-state index in [1.165, 1.54) is 0 Å². The molecule has 0 bridgehead atoms. The van der Waals surface area contributed by atoms with Crippen LogP contribution in [0.3, 0.4) is 0 Å². The first-order valence-electron chi connectivity index (χ1n) is 6.01. The Hall–Kier alpha value is -1.32. The maximum absolute atomic E-state index is 6.09. The van der Waals surface area contributed by atoms with Crippen LogP contribution in [0.2, 0.25) is 5.02 Å². The van der Waals surface area contributed by atoms with Crippen LogP contribution in [0.25, 0.3) is 11.5 Å². The first-order valence-corrected chi connectivity index (χ1v) is 6.39. The van der Waals surface area contributed by atoms with Gasteiger partial charge >= 0.3 is 0 Å². The van der Waals surface area contributed by atoms with Gasteiger partial charge in [-0.15, -0.1) is 0 Å². The van der Waals surface area contributed by atoms with Crippen molar-refractivity contribution in [2.24, 2.45) is 0 Å². The van der Waals surface area contributed by atoms with E-state index in [9.17, 15) is 0 Å². The molecule has 0 aliphatic rings. The van der Waals surface area contributed by atoms with Gasteiger partial charge in [-0.1, -0.05) is 31.5 Å². The molecule has 18 heavy (non-hydrogen) atoms. The first kappa shape index (κ1) is 13.1. The van der Waals surface area contributed by atoms with E-state index in [0.717, 1.165) is 21.8 Å². The highest BCUT2D eigenvalue weighted by Crippen LogP contribution is 2.27. The summed E-state index contributed by atoms with van der Waals surface area (Å²) in [5.41, 5.74) is 2.83. The molecule has 0 unspecified atom stereocenters. The third-order valence-corrected chi connectivity index (χ3v) is 3.15. The van der Waals surface area contributed by atoms with E-state index < -0.39 is 0 Å². The van der Waals surface area contributed by atoms with Gasteiger partial charge < -0.3 is 9.73 Å². The predicted molar refractivity (Wildman–Crippen MR) is 73.7 cm³/mol. The van der Waals surface area contributed by atoms with Crippen LogP contribution in [0, 0.1) is 6.92 Å². The zero-order valence-electron chi connectivity index (χ0n) is 10.8. The average Bonchev–Trinajstić information content (AvgIpc) is 2.78. The zero-order chi connectivity index (χ0) is 13.1. The van der Waals surface area contributed by atoms with Crippen LogP contribution >= 0.6 is 11.6 Å². The second-order valence-corrected chi connectivity index (χ2v) is 5.00. The fraction of sp³-hybridized carbons (Fsp3) is 0.357. The lowest BCUT2D eigenvalue weighted by molar-refractivity contribution is 0.560. The van der Waals surface area contributed by atoms with Gasteiger partial charge in [0.15, 0.2) is 0 Å². The molecule has 0 spiro atoms. The Bertz CT molecular complexity index is 534. The molecule has 0 aliphatic heterocycles. The molecule has 1 aromatic carbocycles. The van der Waals surface area contributed by atoms with Gasteiger partial charge in [0, 0.05) is 23.2 Å². The van der Waals surface area contributed by atoms with Gasteiger partial charge in [0.25, 0.3) is 0 Å². The van der Waals surface area contributed by atoms with E-state index in [1.54, 1.807) is 6.26 Å². The van der Waals surface area contributed by atoms with Crippen LogP contribution in [0.1, 0.15) is 25.1 Å². The Morgan fingerprint density at radius 3 is 2.89 bits per heavy atom. The number of halogens is 1. The minimum absolute atomic E-state index is 0.429. The lowest BCUT2D eigenvalue weighted by Gasteiger charge is -2.04. The minimum Gasteiger partial charge on any atom is -0.444 e. The van der Waals surface area contributed by atoms with E-state index in [-0.39, 0.29) is 0 Å². The first-order chi connectivity index (χ1) is 8.58. The summed E-state index contributed by atoms with van der Waals surface area (Å²) < 4.78 is 5.51. The van der Waals surface area contributed by atoms with Crippen molar-refractivity contribution in [2.75, 3.05) is 0 Å². The summed E-state index contributed by atoms with van der Waals surface area (Å²) in [5.74, 6) is 0.621. The monoisotopic (exact) mass is 264 g/mol. The van der Waals surface area contributed by atoms with E-state index in [2.05, 4.69) is 24.1 Å². The minimum atomic E-state index is 0.429. The van der Waals surface area contributed by atoms with Crippen LogP contribution in [-0.4, -0.2) is 11.0 Å². The van der Waals surface area contributed by atoms with Crippen molar-refractivity contribution in [3.8, 4) is 11.5 Å². The van der Waals surface area contributed by atoms with Gasteiger partial charge in [0.2, 0.25) is 5.89 Å². The van der Waals surface area contributed by atoms with Crippen molar-refractivity contribution >= 4 is 11.6 Å². The van der Waals surface area contributed by atoms with Crippen LogP contribution in [0.15, 0.2) is 28.9 Å². The summed E-state index contributed by atoms with van der Waals surface area (Å²) in [6.45, 7) is 6.87. The number of oxazole rings is 1. The highest BCUT2D eigenvalue weighted by atomic mass is 35.5. The summed E-state index contributed by atoms with van der Waals surface area (Å²) in [6.07, 6.45) is 1.69. The van der Waals surface area contributed by atoms with Gasteiger partial charge in [-0.25, -0.2) is 4.98 Å². The maximum atomic E-state index is 6.09. The standard InChI is InChI=1S/C14H17ClN2O/c1-9(2)16-7-11-8-18-14(17-11)12-5-4-6-13(15)10(12)3/h4-6,8-9,16H,7H2,1-3H3. The van der Waals surface area contributed by atoms with Gasteiger partial charge in [-0.2, -0.15) is 0 Å². The SMILES string of the molecule is Cc1c(Cl)cccc1-c1nc(CNC(C)C)co1. The van der Waals surface area contributed by atoms with Gasteiger partial charge in [0.05, 0.1) is 5.69 Å². The lowest BCUT2D eigenvalue weighted by Crippen LogP contribution is -2.21. The highest BCUT2D eigenvalue weighted by Gasteiger charge is 2.11. The Kier molecular flexibility index (Phi) is 4.04. The number of aromatic nitrogens is 1. The Morgan fingerprint density at radius 2 is 2.17 bits per heavy atom. The van der Waals surface area contributed by atoms with Gasteiger partial charge in [-0.05, 0) is 24.6 Å². The molecular weight excluding hydrogens is 248 g/mol. The summed E-state index contributed by atoms with van der Waals surface area (Å²) >= 11 is 6.09.